The van der Waals surface area contributed by atoms with Crippen molar-refractivity contribution in [1.82, 2.24) is 0 Å². The summed E-state index contributed by atoms with van der Waals surface area (Å²) in [5, 5.41) is 0. The molecule has 0 spiro atoms. The quantitative estimate of drug-likeness (QED) is 0.180. The van der Waals surface area contributed by atoms with Crippen molar-refractivity contribution in [3.63, 3.8) is 0 Å². The third-order valence-corrected chi connectivity index (χ3v) is 2.65. The molecule has 0 aromatic rings. The molecule has 88 valence electrons. The Kier molecular flexibility index (Phi) is 5.95. The summed E-state index contributed by atoms with van der Waals surface area (Å²) >= 11 is 0. The molecule has 0 aromatic heterocycles. The van der Waals surface area contributed by atoms with Crippen molar-refractivity contribution in [2.45, 2.75) is 11.5 Å². The Bertz CT molecular complexity index is 412. The van der Waals surface area contributed by atoms with Gasteiger partial charge in [0, 0.05) is 6.08 Å². The van der Waals surface area contributed by atoms with Gasteiger partial charge in [-0.2, -0.15) is 0 Å². The first-order valence-electron chi connectivity index (χ1n) is 4.16. The number of hydrogen-bond acceptors (Lipinski definition) is 8. The molecule has 0 saturated heterocycles. The first kappa shape index (κ1) is 14.6. The monoisotopic (exact) mass is 253 g/mol. The lowest BCUT2D eigenvalue weighted by Crippen LogP contribution is -2.40. The smallest absolute Gasteiger partial charge is 0.330 e. The zero-order valence-electron chi connectivity index (χ0n) is 8.74. The fraction of sp³-hybridized carbons (Fsp3) is 0.250. The molecule has 0 aliphatic rings. The van der Waals surface area contributed by atoms with Gasteiger partial charge in [-0.25, -0.2) is 19.2 Å². The SMILES string of the molecule is C=CC(=O)OC([SiH3])C(N=C=O)(N=C=O)N=C=O. The van der Waals surface area contributed by atoms with Crippen LogP contribution in [0.3, 0.4) is 0 Å². The van der Waals surface area contributed by atoms with Crippen LogP contribution in [0.15, 0.2) is 27.6 Å². The standard InChI is InChI=1S/C8H7N3O5Si/c1-2-6(15)16-7(17)8(9-3-12,10-4-13)11-5-14/h2,7H,1H2,17H3. The molecule has 8 nitrogen and oxygen atoms in total. The summed E-state index contributed by atoms with van der Waals surface area (Å²) in [5.41, 5.74) is -1.17. The van der Waals surface area contributed by atoms with E-state index < -0.39 is 17.5 Å². The van der Waals surface area contributed by atoms with Crippen LogP contribution in [0, 0.1) is 0 Å². The summed E-state index contributed by atoms with van der Waals surface area (Å²) in [6.07, 6.45) is 4.11. The van der Waals surface area contributed by atoms with Crippen molar-refractivity contribution >= 4 is 34.5 Å². The minimum absolute atomic E-state index is 0.0826. The van der Waals surface area contributed by atoms with Gasteiger partial charge < -0.3 is 4.74 Å². The number of hydrogen-bond donors (Lipinski definition) is 0. The van der Waals surface area contributed by atoms with Crippen LogP contribution in [0.2, 0.25) is 0 Å². The second-order valence-corrected chi connectivity index (χ2v) is 3.63. The Morgan fingerprint density at radius 3 is 1.94 bits per heavy atom. The van der Waals surface area contributed by atoms with Crippen LogP contribution in [0.1, 0.15) is 0 Å². The van der Waals surface area contributed by atoms with Gasteiger partial charge in [-0.1, -0.05) is 6.58 Å². The molecule has 0 heterocycles. The van der Waals surface area contributed by atoms with Crippen molar-refractivity contribution in [1.29, 1.82) is 0 Å². The summed E-state index contributed by atoms with van der Waals surface area (Å²) in [6, 6.07) is 0. The van der Waals surface area contributed by atoms with Gasteiger partial charge in [-0.3, -0.25) is 0 Å². The molecule has 0 fully saturated rings. The Morgan fingerprint density at radius 1 is 1.24 bits per heavy atom. The van der Waals surface area contributed by atoms with Gasteiger partial charge in [0.2, 0.25) is 18.2 Å². The maximum atomic E-state index is 10.9. The highest BCUT2D eigenvalue weighted by atomic mass is 28.1. The Balaban J connectivity index is 5.48. The minimum atomic E-state index is -2.18. The Hall–Kier alpha value is -2.43. The predicted molar refractivity (Wildman–Crippen MR) is 57.1 cm³/mol. The molecule has 0 aliphatic carbocycles. The minimum Gasteiger partial charge on any atom is -0.457 e. The molecule has 0 rings (SSSR count). The van der Waals surface area contributed by atoms with Gasteiger partial charge in [0.15, 0.2) is 0 Å². The third kappa shape index (κ3) is 3.90. The highest BCUT2D eigenvalue weighted by molar-refractivity contribution is 6.13. The topological polar surface area (TPSA) is 115 Å². The van der Waals surface area contributed by atoms with Crippen LogP contribution in [0.5, 0.6) is 0 Å². The van der Waals surface area contributed by atoms with E-state index >= 15 is 0 Å². The Morgan fingerprint density at radius 2 is 1.65 bits per heavy atom. The van der Waals surface area contributed by atoms with Crippen LogP contribution in [-0.4, -0.2) is 46.0 Å². The lowest BCUT2D eigenvalue weighted by Gasteiger charge is -2.22. The molecule has 0 aromatic carbocycles. The largest absolute Gasteiger partial charge is 0.457 e. The van der Waals surface area contributed by atoms with Gasteiger partial charge >= 0.3 is 11.8 Å². The van der Waals surface area contributed by atoms with Gasteiger partial charge in [0.25, 0.3) is 0 Å². The van der Waals surface area contributed by atoms with E-state index in [1.165, 1.54) is 0 Å². The summed E-state index contributed by atoms with van der Waals surface area (Å²) < 4.78 is 4.71. The van der Waals surface area contributed by atoms with Crippen LogP contribution < -0.4 is 0 Å². The van der Waals surface area contributed by atoms with Gasteiger partial charge in [0.1, 0.15) is 5.73 Å². The zero-order valence-corrected chi connectivity index (χ0v) is 10.7. The molecule has 0 amide bonds. The molecule has 0 N–H and O–H groups in total. The van der Waals surface area contributed by atoms with E-state index in [4.69, 9.17) is 4.74 Å². The number of isocyanates is 3. The summed E-state index contributed by atoms with van der Waals surface area (Å²) in [6.45, 7) is 3.15. The molecule has 0 aliphatic heterocycles. The van der Waals surface area contributed by atoms with Crippen molar-refractivity contribution in [2.24, 2.45) is 15.0 Å². The maximum Gasteiger partial charge on any atom is 0.330 e. The maximum absolute atomic E-state index is 10.9. The van der Waals surface area contributed by atoms with Crippen LogP contribution in [0.25, 0.3) is 0 Å². The third-order valence-electron chi connectivity index (χ3n) is 1.64. The fourth-order valence-corrected chi connectivity index (χ4v) is 1.47. The Labute approximate surface area is 98.2 Å². The average Bonchev–Trinajstić information content (AvgIpc) is 2.29. The highest BCUT2D eigenvalue weighted by Crippen LogP contribution is 2.20. The van der Waals surface area contributed by atoms with E-state index in [0.29, 0.717) is 0 Å². The first-order chi connectivity index (χ1) is 8.06. The van der Waals surface area contributed by atoms with Crippen molar-refractivity contribution < 1.29 is 23.9 Å². The van der Waals surface area contributed by atoms with E-state index in [9.17, 15) is 19.2 Å². The second-order valence-electron chi connectivity index (χ2n) is 2.58. The van der Waals surface area contributed by atoms with Crippen LogP contribution in [-0.2, 0) is 23.9 Å². The molecule has 17 heavy (non-hydrogen) atoms. The highest BCUT2D eigenvalue weighted by Gasteiger charge is 2.39. The predicted octanol–water partition coefficient (Wildman–Crippen LogP) is -1.93. The first-order valence-corrected chi connectivity index (χ1v) is 5.32. The number of nitrogens with zero attached hydrogens (tertiary/aromatic N) is 3. The number of ether oxygens (including phenoxy) is 1. The molecule has 0 radical (unpaired) electrons. The molecular formula is C8H7N3O5Si. The van der Waals surface area contributed by atoms with Crippen LogP contribution >= 0.6 is 0 Å². The zero-order chi connectivity index (χ0) is 13.3. The molecule has 1 unspecified atom stereocenters. The van der Waals surface area contributed by atoms with E-state index in [2.05, 4.69) is 21.6 Å². The molecule has 9 heteroatoms. The molecule has 0 bridgehead atoms. The van der Waals surface area contributed by atoms with Crippen molar-refractivity contribution in [2.75, 3.05) is 0 Å². The number of carbonyl (C=O) groups is 1. The fourth-order valence-electron chi connectivity index (χ4n) is 0.851. The summed E-state index contributed by atoms with van der Waals surface area (Å²) in [5.74, 6) is -3.02. The number of aliphatic imine (C=N–C) groups is 3. The summed E-state index contributed by atoms with van der Waals surface area (Å²) in [4.78, 5) is 50.8. The van der Waals surface area contributed by atoms with E-state index in [1.807, 2.05) is 0 Å². The average molecular weight is 253 g/mol. The lowest BCUT2D eigenvalue weighted by atomic mass is 10.4. The molecular weight excluding hydrogens is 246 g/mol. The van der Waals surface area contributed by atoms with Crippen molar-refractivity contribution in [3.05, 3.63) is 12.7 Å². The van der Waals surface area contributed by atoms with Crippen molar-refractivity contribution in [3.8, 4) is 0 Å². The van der Waals surface area contributed by atoms with Crippen LogP contribution in [0.4, 0.5) is 0 Å². The normalized spacial score (nSPS) is 13.9. The number of rotatable bonds is 6. The van der Waals surface area contributed by atoms with Gasteiger partial charge in [-0.05, 0) is 0 Å². The number of esters is 1. The van der Waals surface area contributed by atoms with Gasteiger partial charge in [-0.15, -0.1) is 15.0 Å². The lowest BCUT2D eigenvalue weighted by molar-refractivity contribution is -0.141. The van der Waals surface area contributed by atoms with E-state index in [-0.39, 0.29) is 10.2 Å². The number of carbonyl (C=O) groups excluding carboxylic acids is 4. The second kappa shape index (κ2) is 6.94. The van der Waals surface area contributed by atoms with Gasteiger partial charge in [0.05, 0.1) is 10.2 Å². The summed E-state index contributed by atoms with van der Waals surface area (Å²) in [7, 11) is 0.0826. The van der Waals surface area contributed by atoms with E-state index in [1.54, 1.807) is 0 Å². The molecule has 1 atom stereocenters. The molecule has 0 saturated carbocycles. The van der Waals surface area contributed by atoms with E-state index in [0.717, 1.165) is 24.3 Å².